The highest BCUT2D eigenvalue weighted by Gasteiger charge is 2.41. The second-order valence-electron chi connectivity index (χ2n) is 8.33. The van der Waals surface area contributed by atoms with Crippen molar-refractivity contribution >= 4 is 17.3 Å². The van der Waals surface area contributed by atoms with Crippen LogP contribution in [0.25, 0.3) is 5.69 Å². The average Bonchev–Trinajstić information content (AvgIpc) is 3.50. The molecule has 1 N–H and O–H groups in total. The van der Waals surface area contributed by atoms with Crippen LogP contribution in [-0.4, -0.2) is 33.3 Å². The molecule has 0 aliphatic carbocycles. The number of aromatic nitrogens is 2. The Morgan fingerprint density at radius 2 is 1.71 bits per heavy atom. The predicted octanol–water partition coefficient (Wildman–Crippen LogP) is 5.45. The lowest BCUT2D eigenvalue weighted by atomic mass is 10.0. The maximum Gasteiger partial charge on any atom is 0.170 e. The number of methoxy groups -OCH3 is 1. The van der Waals surface area contributed by atoms with Crippen LogP contribution in [0.5, 0.6) is 11.5 Å². The van der Waals surface area contributed by atoms with Gasteiger partial charge >= 0.3 is 0 Å². The summed E-state index contributed by atoms with van der Waals surface area (Å²) in [5, 5.41) is 4.25. The Morgan fingerprint density at radius 1 is 0.943 bits per heavy atom. The summed E-state index contributed by atoms with van der Waals surface area (Å²) in [6, 6.07) is 26.4. The van der Waals surface area contributed by atoms with Gasteiger partial charge in [-0.3, -0.25) is 4.98 Å². The zero-order chi connectivity index (χ0) is 24.2. The number of benzene rings is 2. The molecule has 0 saturated carbocycles. The third kappa shape index (κ3) is 4.72. The fourth-order valence-electron chi connectivity index (χ4n) is 4.56. The molecule has 1 fully saturated rings. The van der Waals surface area contributed by atoms with Crippen LogP contribution in [0.15, 0.2) is 91.3 Å². The van der Waals surface area contributed by atoms with Crippen LogP contribution < -0.4 is 14.8 Å². The van der Waals surface area contributed by atoms with Gasteiger partial charge in [0.1, 0.15) is 11.5 Å². The molecule has 5 rings (SSSR count). The van der Waals surface area contributed by atoms with E-state index in [1.807, 2.05) is 55.6 Å². The SMILES string of the molecule is CCOc1ccc(-n2cccc2[C@H]2[C@@H](c3ccccn3)NC(=S)N2Cc2ccc(OC)cc2)cc1. The zero-order valence-corrected chi connectivity index (χ0v) is 20.6. The lowest BCUT2D eigenvalue weighted by Crippen LogP contribution is -2.30. The quantitative estimate of drug-likeness (QED) is 0.336. The van der Waals surface area contributed by atoms with Gasteiger partial charge in [0.2, 0.25) is 0 Å². The van der Waals surface area contributed by atoms with Gasteiger partial charge in [0.15, 0.2) is 5.11 Å². The molecular formula is C28H28N4O2S. The molecule has 0 amide bonds. The molecule has 6 nitrogen and oxygen atoms in total. The Hall–Kier alpha value is -3.84. The van der Waals surface area contributed by atoms with Gasteiger partial charge in [-0.2, -0.15) is 0 Å². The first-order chi connectivity index (χ1) is 17.2. The summed E-state index contributed by atoms with van der Waals surface area (Å²) >= 11 is 5.86. The summed E-state index contributed by atoms with van der Waals surface area (Å²) in [5.74, 6) is 1.70. The topological polar surface area (TPSA) is 51.5 Å². The fourth-order valence-corrected chi connectivity index (χ4v) is 4.87. The number of nitrogens with one attached hydrogen (secondary N) is 1. The molecule has 0 spiro atoms. The Labute approximate surface area is 211 Å². The molecule has 7 heteroatoms. The molecular weight excluding hydrogens is 456 g/mol. The van der Waals surface area contributed by atoms with E-state index in [0.717, 1.165) is 34.1 Å². The van der Waals surface area contributed by atoms with Crippen molar-refractivity contribution in [3.05, 3.63) is 108 Å². The van der Waals surface area contributed by atoms with Crippen molar-refractivity contribution in [3.63, 3.8) is 0 Å². The molecule has 0 radical (unpaired) electrons. The number of hydrogen-bond donors (Lipinski definition) is 1. The van der Waals surface area contributed by atoms with Crippen molar-refractivity contribution in [2.75, 3.05) is 13.7 Å². The van der Waals surface area contributed by atoms with E-state index < -0.39 is 0 Å². The standard InChI is InChI=1S/C28H28N4O2S/c1-3-34-23-15-11-21(12-16-23)31-18-6-8-25(31)27-26(24-7-4-5-17-29-24)30-28(35)32(27)19-20-9-13-22(33-2)14-10-20/h4-18,26-27H,3,19H2,1-2H3,(H,30,35)/t26-,27+/m1/s1. The molecule has 3 heterocycles. The van der Waals surface area contributed by atoms with Crippen molar-refractivity contribution in [3.8, 4) is 17.2 Å². The molecule has 2 aromatic heterocycles. The first kappa shape index (κ1) is 22.9. The van der Waals surface area contributed by atoms with Crippen LogP contribution in [-0.2, 0) is 6.54 Å². The van der Waals surface area contributed by atoms with E-state index in [1.54, 1.807) is 7.11 Å². The summed E-state index contributed by atoms with van der Waals surface area (Å²) in [5.41, 5.74) is 4.30. The van der Waals surface area contributed by atoms with Gasteiger partial charge in [0, 0.05) is 30.3 Å². The number of rotatable bonds is 8. The summed E-state index contributed by atoms with van der Waals surface area (Å²) in [6.45, 7) is 3.30. The van der Waals surface area contributed by atoms with Crippen LogP contribution >= 0.6 is 12.2 Å². The van der Waals surface area contributed by atoms with Gasteiger partial charge in [-0.1, -0.05) is 18.2 Å². The fraction of sp³-hybridized carbons (Fsp3) is 0.214. The Kier molecular flexibility index (Phi) is 6.68. The second kappa shape index (κ2) is 10.2. The molecule has 35 heavy (non-hydrogen) atoms. The summed E-state index contributed by atoms with van der Waals surface area (Å²) in [7, 11) is 1.68. The highest BCUT2D eigenvalue weighted by atomic mass is 32.1. The summed E-state index contributed by atoms with van der Waals surface area (Å²) < 4.78 is 13.2. The van der Waals surface area contributed by atoms with Crippen molar-refractivity contribution < 1.29 is 9.47 Å². The molecule has 1 aliphatic heterocycles. The van der Waals surface area contributed by atoms with E-state index in [4.69, 9.17) is 21.7 Å². The van der Waals surface area contributed by atoms with Crippen LogP contribution in [0.3, 0.4) is 0 Å². The third-order valence-electron chi connectivity index (χ3n) is 6.22. The maximum atomic E-state index is 5.86. The van der Waals surface area contributed by atoms with Gasteiger partial charge in [-0.05, 0) is 85.4 Å². The summed E-state index contributed by atoms with van der Waals surface area (Å²) in [4.78, 5) is 6.91. The zero-order valence-electron chi connectivity index (χ0n) is 19.8. The number of hydrogen-bond acceptors (Lipinski definition) is 4. The number of thiocarbonyl (C=S) groups is 1. The van der Waals surface area contributed by atoms with E-state index in [0.29, 0.717) is 18.3 Å². The largest absolute Gasteiger partial charge is 0.497 e. The Bertz CT molecular complexity index is 1270. The average molecular weight is 485 g/mol. The minimum atomic E-state index is -0.0849. The monoisotopic (exact) mass is 484 g/mol. The number of nitrogens with zero attached hydrogens (tertiary/aromatic N) is 3. The smallest absolute Gasteiger partial charge is 0.170 e. The molecule has 0 bridgehead atoms. The van der Waals surface area contributed by atoms with Crippen molar-refractivity contribution in [2.24, 2.45) is 0 Å². The molecule has 0 unspecified atom stereocenters. The maximum absolute atomic E-state index is 5.86. The highest BCUT2D eigenvalue weighted by Crippen LogP contribution is 2.40. The summed E-state index contributed by atoms with van der Waals surface area (Å²) in [6.07, 6.45) is 3.92. The minimum absolute atomic E-state index is 0.0546. The molecule has 1 aliphatic rings. The third-order valence-corrected chi connectivity index (χ3v) is 6.57. The van der Waals surface area contributed by atoms with Crippen LogP contribution in [0.1, 0.15) is 36.0 Å². The van der Waals surface area contributed by atoms with E-state index >= 15 is 0 Å². The lowest BCUT2D eigenvalue weighted by Gasteiger charge is -2.29. The van der Waals surface area contributed by atoms with E-state index in [9.17, 15) is 0 Å². The predicted molar refractivity (Wildman–Crippen MR) is 141 cm³/mol. The van der Waals surface area contributed by atoms with Gasteiger partial charge in [0.05, 0.1) is 31.5 Å². The Morgan fingerprint density at radius 3 is 2.40 bits per heavy atom. The van der Waals surface area contributed by atoms with Gasteiger partial charge in [-0.25, -0.2) is 0 Å². The van der Waals surface area contributed by atoms with E-state index in [-0.39, 0.29) is 12.1 Å². The minimum Gasteiger partial charge on any atom is -0.497 e. The molecule has 2 aromatic carbocycles. The first-order valence-corrected chi connectivity index (χ1v) is 12.1. The number of pyridine rings is 1. The number of ether oxygens (including phenoxy) is 2. The lowest BCUT2D eigenvalue weighted by molar-refractivity contribution is 0.302. The molecule has 1 saturated heterocycles. The van der Waals surface area contributed by atoms with Crippen LogP contribution in [0.2, 0.25) is 0 Å². The first-order valence-electron chi connectivity index (χ1n) is 11.7. The second-order valence-corrected chi connectivity index (χ2v) is 8.72. The van der Waals surface area contributed by atoms with Crippen molar-refractivity contribution in [1.29, 1.82) is 0 Å². The van der Waals surface area contributed by atoms with Crippen LogP contribution in [0.4, 0.5) is 0 Å². The molecule has 178 valence electrons. The van der Waals surface area contributed by atoms with E-state index in [1.165, 1.54) is 0 Å². The van der Waals surface area contributed by atoms with Gasteiger partial charge in [0.25, 0.3) is 0 Å². The van der Waals surface area contributed by atoms with E-state index in [2.05, 4.69) is 62.4 Å². The normalized spacial score (nSPS) is 17.3. The van der Waals surface area contributed by atoms with Crippen LogP contribution in [0, 0.1) is 0 Å². The Balaban J connectivity index is 1.54. The highest BCUT2D eigenvalue weighted by molar-refractivity contribution is 7.80. The van der Waals surface area contributed by atoms with Gasteiger partial charge < -0.3 is 24.3 Å². The van der Waals surface area contributed by atoms with Crippen molar-refractivity contribution in [1.82, 2.24) is 19.8 Å². The molecule has 2 atom stereocenters. The molecule has 4 aromatic rings. The van der Waals surface area contributed by atoms with Crippen molar-refractivity contribution in [2.45, 2.75) is 25.6 Å². The van der Waals surface area contributed by atoms with Gasteiger partial charge in [-0.15, -0.1) is 0 Å².